The molecule has 68 valence electrons. The Bertz CT molecular complexity index is 427. The molecule has 0 N–H and O–H groups in total. The molecule has 0 radical (unpaired) electrons. The van der Waals surface area contributed by atoms with Gasteiger partial charge < -0.3 is 0 Å². The van der Waals surface area contributed by atoms with Crippen LogP contribution in [0.2, 0.25) is 0 Å². The van der Waals surface area contributed by atoms with Crippen molar-refractivity contribution in [1.29, 1.82) is 0 Å². The average Bonchev–Trinajstić information content (AvgIpc) is 2.45. The third kappa shape index (κ3) is 1.49. The molecule has 2 aromatic rings. The molecule has 0 aliphatic heterocycles. The van der Waals surface area contributed by atoms with E-state index in [4.69, 9.17) is 0 Å². The fraction of sp³-hybridized carbons (Fsp3) is 0.273. The third-order valence-corrected chi connectivity index (χ3v) is 4.22. The molecule has 2 rings (SSSR count). The van der Waals surface area contributed by atoms with E-state index in [-0.39, 0.29) is 0 Å². The van der Waals surface area contributed by atoms with Crippen molar-refractivity contribution in [3.63, 3.8) is 0 Å². The van der Waals surface area contributed by atoms with Crippen molar-refractivity contribution < 1.29 is 0 Å². The molecule has 0 nitrogen and oxygen atoms in total. The van der Waals surface area contributed by atoms with Crippen LogP contribution in [0.4, 0.5) is 0 Å². The van der Waals surface area contributed by atoms with Gasteiger partial charge in [0.05, 0.1) is 0 Å². The molecule has 0 bridgehead atoms. The molecule has 0 saturated carbocycles. The maximum Gasteiger partial charge on any atom is 0.0357 e. The number of hydrogen-bond donors (Lipinski definition) is 1. The van der Waals surface area contributed by atoms with E-state index in [0.29, 0.717) is 5.92 Å². The maximum absolute atomic E-state index is 4.56. The first-order chi connectivity index (χ1) is 6.20. The Morgan fingerprint density at radius 2 is 1.92 bits per heavy atom. The van der Waals surface area contributed by atoms with Crippen molar-refractivity contribution in [1.82, 2.24) is 0 Å². The first-order valence-electron chi connectivity index (χ1n) is 4.40. The second kappa shape index (κ2) is 3.35. The van der Waals surface area contributed by atoms with Gasteiger partial charge in [-0.15, -0.1) is 24.0 Å². The lowest BCUT2D eigenvalue weighted by molar-refractivity contribution is 0.872. The van der Waals surface area contributed by atoms with Gasteiger partial charge in [0.15, 0.2) is 0 Å². The van der Waals surface area contributed by atoms with Gasteiger partial charge in [-0.3, -0.25) is 0 Å². The Kier molecular flexibility index (Phi) is 2.35. The molecule has 0 saturated heterocycles. The average molecular weight is 208 g/mol. The summed E-state index contributed by atoms with van der Waals surface area (Å²) < 4.78 is 1.34. The lowest BCUT2D eigenvalue weighted by atomic mass is 10.1. The monoisotopic (exact) mass is 208 g/mol. The van der Waals surface area contributed by atoms with Crippen LogP contribution in [0.25, 0.3) is 10.1 Å². The van der Waals surface area contributed by atoms with Crippen LogP contribution in [-0.2, 0) is 0 Å². The molecule has 1 aromatic carbocycles. The van der Waals surface area contributed by atoms with Crippen LogP contribution in [0.15, 0.2) is 29.2 Å². The predicted octanol–water partition coefficient (Wildman–Crippen LogP) is 4.31. The quantitative estimate of drug-likeness (QED) is 0.663. The van der Waals surface area contributed by atoms with Gasteiger partial charge in [-0.1, -0.05) is 32.0 Å². The van der Waals surface area contributed by atoms with E-state index < -0.39 is 0 Å². The summed E-state index contributed by atoms with van der Waals surface area (Å²) in [6.45, 7) is 4.43. The summed E-state index contributed by atoms with van der Waals surface area (Å²) >= 11 is 6.42. The van der Waals surface area contributed by atoms with E-state index in [1.165, 1.54) is 15.0 Å². The van der Waals surface area contributed by atoms with E-state index in [1.807, 2.05) is 11.3 Å². The Hall–Kier alpha value is -0.470. The molecule has 13 heavy (non-hydrogen) atoms. The van der Waals surface area contributed by atoms with E-state index in [2.05, 4.69) is 50.7 Å². The number of benzene rings is 1. The van der Waals surface area contributed by atoms with E-state index in [9.17, 15) is 0 Å². The summed E-state index contributed by atoms with van der Waals surface area (Å²) in [5.74, 6) is 0.574. The van der Waals surface area contributed by atoms with Crippen molar-refractivity contribution in [2.24, 2.45) is 0 Å². The zero-order valence-electron chi connectivity index (χ0n) is 7.74. The number of hydrogen-bond acceptors (Lipinski definition) is 2. The number of fused-ring (bicyclic) bond motifs is 1. The molecule has 2 heteroatoms. The van der Waals surface area contributed by atoms with Crippen LogP contribution >= 0.6 is 24.0 Å². The van der Waals surface area contributed by atoms with Crippen molar-refractivity contribution in [2.45, 2.75) is 24.7 Å². The summed E-state index contributed by atoms with van der Waals surface area (Å²) in [5, 5.41) is 1.29. The molecular weight excluding hydrogens is 196 g/mol. The van der Waals surface area contributed by atoms with Crippen LogP contribution in [-0.4, -0.2) is 0 Å². The smallest absolute Gasteiger partial charge is 0.0357 e. The summed E-state index contributed by atoms with van der Waals surface area (Å²) in [6.07, 6.45) is 0. The maximum atomic E-state index is 4.56. The van der Waals surface area contributed by atoms with Crippen molar-refractivity contribution in [3.05, 3.63) is 29.1 Å². The molecule has 0 aliphatic carbocycles. The zero-order chi connectivity index (χ0) is 9.42. The zero-order valence-corrected chi connectivity index (χ0v) is 9.45. The van der Waals surface area contributed by atoms with E-state index >= 15 is 0 Å². The first kappa shape index (κ1) is 9.10. The largest absolute Gasteiger partial charge is 0.142 e. The van der Waals surface area contributed by atoms with Crippen LogP contribution in [0.1, 0.15) is 24.6 Å². The topological polar surface area (TPSA) is 0 Å². The third-order valence-electron chi connectivity index (χ3n) is 2.12. The number of rotatable bonds is 1. The minimum atomic E-state index is 0.574. The molecule has 0 unspecified atom stereocenters. The predicted molar refractivity (Wildman–Crippen MR) is 63.2 cm³/mol. The minimum absolute atomic E-state index is 0.574. The fourth-order valence-corrected chi connectivity index (χ4v) is 3.21. The molecule has 1 heterocycles. The van der Waals surface area contributed by atoms with Crippen molar-refractivity contribution in [3.8, 4) is 0 Å². The Labute approximate surface area is 88.0 Å². The molecular formula is C11H12S2. The highest BCUT2D eigenvalue weighted by molar-refractivity contribution is 7.80. The lowest BCUT2D eigenvalue weighted by Crippen LogP contribution is -1.81. The fourth-order valence-electron chi connectivity index (χ4n) is 1.44. The van der Waals surface area contributed by atoms with Gasteiger partial charge in [0.1, 0.15) is 0 Å². The number of thiol groups is 1. The highest BCUT2D eigenvalue weighted by Crippen LogP contribution is 2.37. The Balaban J connectivity index is 2.74. The second-order valence-electron chi connectivity index (χ2n) is 3.47. The van der Waals surface area contributed by atoms with Crippen molar-refractivity contribution >= 4 is 34.1 Å². The Morgan fingerprint density at radius 1 is 1.23 bits per heavy atom. The molecule has 0 spiro atoms. The van der Waals surface area contributed by atoms with E-state index in [1.54, 1.807) is 0 Å². The van der Waals surface area contributed by atoms with Gasteiger partial charge in [-0.25, -0.2) is 0 Å². The Morgan fingerprint density at radius 3 is 2.54 bits per heavy atom. The summed E-state index contributed by atoms with van der Waals surface area (Å²) in [5.41, 5.74) is 0. The van der Waals surface area contributed by atoms with Gasteiger partial charge >= 0.3 is 0 Å². The summed E-state index contributed by atoms with van der Waals surface area (Å²) in [7, 11) is 0. The minimum Gasteiger partial charge on any atom is -0.142 e. The molecule has 0 amide bonds. The normalized spacial score (nSPS) is 11.4. The summed E-state index contributed by atoms with van der Waals surface area (Å²) in [4.78, 5) is 2.56. The second-order valence-corrected chi connectivity index (χ2v) is 5.00. The molecule has 0 aliphatic rings. The van der Waals surface area contributed by atoms with Crippen LogP contribution < -0.4 is 0 Å². The van der Waals surface area contributed by atoms with Crippen LogP contribution in [0.3, 0.4) is 0 Å². The van der Waals surface area contributed by atoms with Crippen molar-refractivity contribution in [2.75, 3.05) is 0 Å². The van der Waals surface area contributed by atoms with Crippen LogP contribution in [0, 0.1) is 0 Å². The standard InChI is InChI=1S/C11H12S2/c1-7(2)11-10(12)8-5-3-4-6-9(8)13-11/h3-7,12H,1-2H3. The highest BCUT2D eigenvalue weighted by atomic mass is 32.1. The molecule has 1 aromatic heterocycles. The number of thiophene rings is 1. The van der Waals surface area contributed by atoms with Gasteiger partial charge in [0.2, 0.25) is 0 Å². The molecule has 0 atom stereocenters. The van der Waals surface area contributed by atoms with Gasteiger partial charge in [-0.05, 0) is 12.0 Å². The van der Waals surface area contributed by atoms with Crippen LogP contribution in [0.5, 0.6) is 0 Å². The van der Waals surface area contributed by atoms with E-state index in [0.717, 1.165) is 4.90 Å². The lowest BCUT2D eigenvalue weighted by Gasteiger charge is -2.00. The van der Waals surface area contributed by atoms with Gasteiger partial charge in [0, 0.05) is 19.9 Å². The SMILES string of the molecule is CC(C)c1sc2ccccc2c1S. The highest BCUT2D eigenvalue weighted by Gasteiger charge is 2.10. The first-order valence-corrected chi connectivity index (χ1v) is 5.67. The van der Waals surface area contributed by atoms with Gasteiger partial charge in [0.25, 0.3) is 0 Å². The van der Waals surface area contributed by atoms with Gasteiger partial charge in [-0.2, -0.15) is 0 Å². The summed E-state index contributed by atoms with van der Waals surface area (Å²) in [6, 6.07) is 8.45. The molecule has 0 fully saturated rings.